The highest BCUT2D eigenvalue weighted by atomic mass is 32.1. The number of carbonyl (C=O) groups is 3. The number of furan rings is 1. The zero-order chi connectivity index (χ0) is 20.9. The van der Waals surface area contributed by atoms with Gasteiger partial charge in [0.05, 0.1) is 22.1 Å². The number of para-hydroxylation sites is 1. The minimum Gasteiger partial charge on any atom is -0.459 e. The van der Waals surface area contributed by atoms with Crippen LogP contribution in [0.1, 0.15) is 33.1 Å². The van der Waals surface area contributed by atoms with Crippen molar-refractivity contribution in [2.24, 2.45) is 5.92 Å². The Labute approximate surface area is 177 Å². The molecule has 3 heterocycles. The van der Waals surface area contributed by atoms with Gasteiger partial charge >= 0.3 is 0 Å². The van der Waals surface area contributed by atoms with Crippen LogP contribution in [-0.4, -0.2) is 35.7 Å². The average Bonchev–Trinajstić information content (AvgIpc) is 3.46. The first-order valence-electron chi connectivity index (χ1n) is 9.70. The molecule has 154 valence electrons. The van der Waals surface area contributed by atoms with Crippen molar-refractivity contribution in [1.29, 1.82) is 0 Å². The molecule has 1 aliphatic heterocycles. The standard InChI is InChI=1S/C22H21N3O4S/c26-20(23-16-7-2-1-3-8-16)15-6-4-12-25(14-15)22(28)18-10-11-19(30-18)24-21(27)17-9-5-13-29-17/h1-3,5,7-11,13,15H,4,6,12,14H2,(H,23,26)(H,24,27). The number of amides is 3. The molecule has 1 saturated heterocycles. The van der Waals surface area contributed by atoms with Crippen molar-refractivity contribution in [2.45, 2.75) is 12.8 Å². The minimum absolute atomic E-state index is 0.0729. The van der Waals surface area contributed by atoms with Gasteiger partial charge in [0.15, 0.2) is 5.76 Å². The molecule has 3 amide bonds. The lowest BCUT2D eigenvalue weighted by Gasteiger charge is -2.31. The lowest BCUT2D eigenvalue weighted by atomic mass is 9.97. The summed E-state index contributed by atoms with van der Waals surface area (Å²) in [6.07, 6.45) is 2.95. The molecule has 0 spiro atoms. The van der Waals surface area contributed by atoms with Gasteiger partial charge in [-0.25, -0.2) is 0 Å². The van der Waals surface area contributed by atoms with Crippen molar-refractivity contribution in [3.05, 3.63) is 71.5 Å². The highest BCUT2D eigenvalue weighted by Crippen LogP contribution is 2.26. The minimum atomic E-state index is -0.364. The van der Waals surface area contributed by atoms with E-state index in [4.69, 9.17) is 4.42 Å². The Morgan fingerprint density at radius 2 is 1.83 bits per heavy atom. The van der Waals surface area contributed by atoms with Crippen molar-refractivity contribution >= 4 is 39.7 Å². The number of likely N-dealkylation sites (tertiary alicyclic amines) is 1. The second-order valence-corrected chi connectivity index (χ2v) is 8.12. The summed E-state index contributed by atoms with van der Waals surface area (Å²) in [6.45, 7) is 0.990. The Morgan fingerprint density at radius 1 is 1.00 bits per heavy atom. The molecule has 7 nitrogen and oxygen atoms in total. The number of hydrogen-bond donors (Lipinski definition) is 2. The van der Waals surface area contributed by atoms with E-state index in [-0.39, 0.29) is 29.4 Å². The molecule has 2 N–H and O–H groups in total. The van der Waals surface area contributed by atoms with E-state index in [0.29, 0.717) is 23.0 Å². The number of carbonyl (C=O) groups excluding carboxylic acids is 3. The maximum absolute atomic E-state index is 12.9. The van der Waals surface area contributed by atoms with Crippen LogP contribution in [0, 0.1) is 5.92 Å². The highest BCUT2D eigenvalue weighted by Gasteiger charge is 2.29. The Kier molecular flexibility index (Phi) is 5.94. The van der Waals surface area contributed by atoms with Crippen LogP contribution < -0.4 is 10.6 Å². The van der Waals surface area contributed by atoms with Crippen LogP contribution in [0.4, 0.5) is 10.7 Å². The summed E-state index contributed by atoms with van der Waals surface area (Å²) in [5.74, 6) is -0.607. The van der Waals surface area contributed by atoms with Crippen LogP contribution in [0.2, 0.25) is 0 Å². The summed E-state index contributed by atoms with van der Waals surface area (Å²) in [5, 5.41) is 6.21. The zero-order valence-electron chi connectivity index (χ0n) is 16.2. The fourth-order valence-electron chi connectivity index (χ4n) is 3.40. The first-order valence-corrected chi connectivity index (χ1v) is 10.5. The smallest absolute Gasteiger partial charge is 0.291 e. The molecule has 0 saturated carbocycles. The fourth-order valence-corrected chi connectivity index (χ4v) is 4.27. The van der Waals surface area contributed by atoms with E-state index >= 15 is 0 Å². The van der Waals surface area contributed by atoms with Gasteiger partial charge in [0, 0.05) is 18.8 Å². The van der Waals surface area contributed by atoms with Crippen molar-refractivity contribution in [3.63, 3.8) is 0 Å². The molecule has 0 radical (unpaired) electrons. The van der Waals surface area contributed by atoms with E-state index in [1.165, 1.54) is 17.6 Å². The first-order chi connectivity index (χ1) is 14.6. The topological polar surface area (TPSA) is 91.7 Å². The molecule has 2 aromatic heterocycles. The summed E-state index contributed by atoms with van der Waals surface area (Å²) < 4.78 is 5.07. The quantitative estimate of drug-likeness (QED) is 0.647. The molecule has 1 atom stereocenters. The van der Waals surface area contributed by atoms with Crippen molar-refractivity contribution < 1.29 is 18.8 Å². The largest absolute Gasteiger partial charge is 0.459 e. The molecular formula is C22H21N3O4S. The third-order valence-corrected chi connectivity index (χ3v) is 5.91. The van der Waals surface area contributed by atoms with Gasteiger partial charge in [-0.3, -0.25) is 14.4 Å². The highest BCUT2D eigenvalue weighted by molar-refractivity contribution is 7.18. The van der Waals surface area contributed by atoms with Crippen LogP contribution in [0.15, 0.2) is 65.3 Å². The summed E-state index contributed by atoms with van der Waals surface area (Å²) in [6, 6.07) is 15.9. The molecule has 8 heteroatoms. The van der Waals surface area contributed by atoms with Crippen LogP contribution in [0.3, 0.4) is 0 Å². The Morgan fingerprint density at radius 3 is 2.60 bits per heavy atom. The molecule has 1 aliphatic rings. The third kappa shape index (κ3) is 4.60. The maximum atomic E-state index is 12.9. The van der Waals surface area contributed by atoms with E-state index < -0.39 is 0 Å². The SMILES string of the molecule is O=C(Nc1ccc(C(=O)N2CCCC(C(=O)Nc3ccccc3)C2)s1)c1ccco1. The van der Waals surface area contributed by atoms with Gasteiger partial charge in [0.1, 0.15) is 0 Å². The normalized spacial score (nSPS) is 16.1. The van der Waals surface area contributed by atoms with Gasteiger partial charge in [-0.15, -0.1) is 11.3 Å². The maximum Gasteiger partial charge on any atom is 0.291 e. The van der Waals surface area contributed by atoms with Gasteiger partial charge in [0.25, 0.3) is 11.8 Å². The number of benzene rings is 1. The van der Waals surface area contributed by atoms with Crippen LogP contribution in [0.5, 0.6) is 0 Å². The fraction of sp³-hybridized carbons (Fsp3) is 0.227. The third-order valence-electron chi connectivity index (χ3n) is 4.92. The lowest BCUT2D eigenvalue weighted by molar-refractivity contribution is -0.121. The Hall–Kier alpha value is -3.39. The number of piperidine rings is 1. The molecule has 1 fully saturated rings. The monoisotopic (exact) mass is 423 g/mol. The number of thiophene rings is 1. The average molecular weight is 423 g/mol. The number of anilines is 2. The van der Waals surface area contributed by atoms with Crippen molar-refractivity contribution in [2.75, 3.05) is 23.7 Å². The number of nitrogens with one attached hydrogen (secondary N) is 2. The van der Waals surface area contributed by atoms with Gasteiger partial charge in [0.2, 0.25) is 5.91 Å². The molecule has 30 heavy (non-hydrogen) atoms. The Balaban J connectivity index is 1.37. The van der Waals surface area contributed by atoms with Crippen molar-refractivity contribution in [1.82, 2.24) is 4.90 Å². The summed E-state index contributed by atoms with van der Waals surface area (Å²) in [7, 11) is 0. The molecule has 1 unspecified atom stereocenters. The second-order valence-electron chi connectivity index (χ2n) is 7.04. The molecule has 0 aliphatic carbocycles. The van der Waals surface area contributed by atoms with Crippen LogP contribution in [-0.2, 0) is 4.79 Å². The Bertz CT molecular complexity index is 1030. The van der Waals surface area contributed by atoms with Gasteiger partial charge in [-0.05, 0) is 49.2 Å². The number of rotatable bonds is 5. The van der Waals surface area contributed by atoms with E-state index in [1.54, 1.807) is 29.2 Å². The molecule has 3 aromatic rings. The van der Waals surface area contributed by atoms with E-state index in [1.807, 2.05) is 30.3 Å². The van der Waals surface area contributed by atoms with E-state index in [2.05, 4.69) is 10.6 Å². The van der Waals surface area contributed by atoms with Gasteiger partial charge in [-0.2, -0.15) is 0 Å². The van der Waals surface area contributed by atoms with Gasteiger partial charge < -0.3 is 20.0 Å². The molecule has 1 aromatic carbocycles. The molecule has 4 rings (SSSR count). The summed E-state index contributed by atoms with van der Waals surface area (Å²) in [5.41, 5.74) is 0.751. The van der Waals surface area contributed by atoms with Crippen LogP contribution in [0.25, 0.3) is 0 Å². The summed E-state index contributed by atoms with van der Waals surface area (Å²) in [4.78, 5) is 39.9. The van der Waals surface area contributed by atoms with Crippen molar-refractivity contribution in [3.8, 4) is 0 Å². The van der Waals surface area contributed by atoms with Crippen LogP contribution >= 0.6 is 11.3 Å². The van der Waals surface area contributed by atoms with Gasteiger partial charge in [-0.1, -0.05) is 18.2 Å². The van der Waals surface area contributed by atoms with E-state index in [9.17, 15) is 14.4 Å². The number of nitrogens with zero attached hydrogens (tertiary/aromatic N) is 1. The lowest BCUT2D eigenvalue weighted by Crippen LogP contribution is -2.43. The predicted octanol–water partition coefficient (Wildman–Crippen LogP) is 4.08. The number of hydrogen-bond acceptors (Lipinski definition) is 5. The van der Waals surface area contributed by atoms with E-state index in [0.717, 1.165) is 18.5 Å². The summed E-state index contributed by atoms with van der Waals surface area (Å²) >= 11 is 1.21. The first kappa shape index (κ1) is 19.9. The second kappa shape index (κ2) is 8.96. The predicted molar refractivity (Wildman–Crippen MR) is 115 cm³/mol. The zero-order valence-corrected chi connectivity index (χ0v) is 17.0. The molecule has 0 bridgehead atoms. The molecular weight excluding hydrogens is 402 g/mol.